The number of rotatable bonds is 19. The maximum Gasteiger partial charge on any atom is 0.413 e. The Morgan fingerprint density at radius 1 is 0.986 bits per heavy atom. The molecule has 0 saturated carbocycles. The lowest BCUT2D eigenvalue weighted by molar-refractivity contribution is -0.663. The SMILES string of the molecule is BOC(=O)[C@H](C)O/N=C(\C(=O)NC1C(=O)N2C(C(=O)OCc3ccc(OC)cc3)=C(C[n+]3cccc4c3ccn4CC(=O)NOCc3ccc(OC)cc3)CSC12)c1nc(NC(=O)OC(C)(C)C)sc1Cl. The van der Waals surface area contributed by atoms with Gasteiger partial charge in [-0.1, -0.05) is 52.4 Å². The summed E-state index contributed by atoms with van der Waals surface area (Å²) in [6, 6.07) is 18.5. The molecule has 25 heteroatoms. The third-order valence-electron chi connectivity index (χ3n) is 10.6. The fourth-order valence-electron chi connectivity index (χ4n) is 7.17. The van der Waals surface area contributed by atoms with Crippen LogP contribution >= 0.6 is 34.7 Å². The molecule has 1 saturated heterocycles. The zero-order valence-corrected chi connectivity index (χ0v) is 41.9. The molecule has 2 aromatic carbocycles. The molecular weight excluding hydrogens is 983 g/mol. The number of hydrogen-bond acceptors (Lipinski definition) is 17. The van der Waals surface area contributed by atoms with E-state index in [2.05, 4.69) is 26.3 Å². The first-order valence-corrected chi connectivity index (χ1v) is 24.0. The molecular formula is C46H49BClN8O13S2+. The lowest BCUT2D eigenvalue weighted by Crippen LogP contribution is -2.71. The number of oxime groups is 1. The Kier molecular flexibility index (Phi) is 16.6. The maximum absolute atomic E-state index is 14.3. The maximum atomic E-state index is 14.3. The van der Waals surface area contributed by atoms with Gasteiger partial charge in [-0.3, -0.25) is 29.4 Å². The van der Waals surface area contributed by atoms with Gasteiger partial charge < -0.3 is 38.3 Å². The van der Waals surface area contributed by atoms with Crippen molar-refractivity contribution in [3.63, 3.8) is 0 Å². The Bertz CT molecular complexity index is 2890. The van der Waals surface area contributed by atoms with Gasteiger partial charge in [0.05, 0.1) is 20.8 Å². The second-order valence-corrected chi connectivity index (χ2v) is 19.4. The molecule has 2 aliphatic rings. The predicted octanol–water partition coefficient (Wildman–Crippen LogP) is 3.95. The Hall–Kier alpha value is -7.15. The number of carbonyl (C=O) groups is 6. The van der Waals surface area contributed by atoms with E-state index in [-0.39, 0.29) is 58.8 Å². The number of esters is 1. The van der Waals surface area contributed by atoms with Crippen molar-refractivity contribution >= 4 is 100 Å². The molecule has 0 radical (unpaired) electrons. The number of anilines is 1. The largest absolute Gasteiger partial charge is 0.541 e. The summed E-state index contributed by atoms with van der Waals surface area (Å²) in [6.45, 7) is 6.46. The number of aromatic nitrogens is 3. The quantitative estimate of drug-likeness (QED) is 0.0265. The summed E-state index contributed by atoms with van der Waals surface area (Å²) in [5.74, 6) is -2.04. The Balaban J connectivity index is 1.12. The monoisotopic (exact) mass is 1030 g/mol. The van der Waals surface area contributed by atoms with Crippen molar-refractivity contribution in [3.05, 3.63) is 112 Å². The van der Waals surface area contributed by atoms with E-state index in [1.165, 1.54) is 30.7 Å². The van der Waals surface area contributed by atoms with E-state index in [1.807, 2.05) is 35.0 Å². The van der Waals surface area contributed by atoms with E-state index in [0.717, 1.165) is 30.5 Å². The average Bonchev–Trinajstić information content (AvgIpc) is 3.93. The number of halogens is 1. The van der Waals surface area contributed by atoms with Gasteiger partial charge in [0.15, 0.2) is 23.6 Å². The van der Waals surface area contributed by atoms with E-state index < -0.39 is 58.7 Å². The molecule has 4 amide bonds. The molecule has 0 spiro atoms. The summed E-state index contributed by atoms with van der Waals surface area (Å²) in [6.07, 6.45) is 1.46. The number of pyridine rings is 1. The predicted molar refractivity (Wildman–Crippen MR) is 262 cm³/mol. The van der Waals surface area contributed by atoms with Crippen molar-refractivity contribution in [2.75, 3.05) is 25.3 Å². The molecule has 71 heavy (non-hydrogen) atoms. The summed E-state index contributed by atoms with van der Waals surface area (Å²) in [5, 5.41) is 8.21. The van der Waals surface area contributed by atoms with Crippen LogP contribution in [0.15, 0.2) is 95.5 Å². The normalized spacial score (nSPS) is 16.0. The first kappa shape index (κ1) is 51.7. The molecule has 3 atom stereocenters. The molecule has 7 rings (SSSR count). The zero-order valence-electron chi connectivity index (χ0n) is 39.5. The van der Waals surface area contributed by atoms with Crippen LogP contribution in [0.1, 0.15) is 44.5 Å². The van der Waals surface area contributed by atoms with Crippen LogP contribution in [0.2, 0.25) is 4.34 Å². The van der Waals surface area contributed by atoms with Gasteiger partial charge in [-0.25, -0.2) is 24.8 Å². The number of amides is 4. The topological polar surface area (TPSA) is 240 Å². The van der Waals surface area contributed by atoms with Crippen LogP contribution in [0.3, 0.4) is 0 Å². The van der Waals surface area contributed by atoms with Gasteiger partial charge >= 0.3 is 26.1 Å². The van der Waals surface area contributed by atoms with Crippen LogP contribution in [-0.4, -0.2) is 107 Å². The zero-order chi connectivity index (χ0) is 51.0. The lowest BCUT2D eigenvalue weighted by atomic mass is 10.0. The fraction of sp³-hybridized carbons (Fsp3) is 0.326. The fourth-order valence-corrected chi connectivity index (χ4v) is 9.54. The minimum absolute atomic E-state index is 0.000357. The van der Waals surface area contributed by atoms with E-state index >= 15 is 0 Å². The number of nitrogens with zero attached hydrogens (tertiary/aromatic N) is 5. The highest BCUT2D eigenvalue weighted by Gasteiger charge is 2.55. The van der Waals surface area contributed by atoms with Crippen LogP contribution in [0.5, 0.6) is 11.5 Å². The van der Waals surface area contributed by atoms with E-state index in [9.17, 15) is 28.8 Å². The number of β-lactam (4-membered cyclic amide) rings is 1. The number of methoxy groups -OCH3 is 2. The van der Waals surface area contributed by atoms with Crippen LogP contribution < -0.4 is 30.2 Å². The first-order valence-electron chi connectivity index (χ1n) is 21.7. The molecule has 2 unspecified atom stereocenters. The molecule has 5 heterocycles. The van der Waals surface area contributed by atoms with Gasteiger partial charge in [0.2, 0.25) is 11.6 Å². The van der Waals surface area contributed by atoms with Crippen molar-refractivity contribution in [3.8, 4) is 11.5 Å². The standard InChI is InChI=1S/C46H48BClN8O13S2/c1-25(42(60)68-47)69-53-35(34-38(48)71-44(50-34)51-45(62)67-46(2,3)4)39(58)49-36-40(59)56-37(43(61)65-22-26-9-13-29(63-5)14-10-26)28(24-70-41(36)56)20-54-18-7-8-31-32(54)17-19-55(31)21-33(57)52-66-23-27-11-15-30(64-6)16-12-27/h7-19,25,36,41H,20-24,47H2,1-6H3,(H2-,49,50,51,52,57,58,62)/p+1/b53-35-/t25-,36?,41?/m0/s1. The first-order chi connectivity index (χ1) is 34.0. The highest BCUT2D eigenvalue weighted by atomic mass is 35.5. The smallest absolute Gasteiger partial charge is 0.413 e. The van der Waals surface area contributed by atoms with Gasteiger partial charge in [0.25, 0.3) is 17.7 Å². The number of benzene rings is 2. The highest BCUT2D eigenvalue weighted by molar-refractivity contribution is 8.00. The summed E-state index contributed by atoms with van der Waals surface area (Å²) in [7, 11) is 4.26. The molecule has 0 bridgehead atoms. The Morgan fingerprint density at radius 3 is 2.31 bits per heavy atom. The Morgan fingerprint density at radius 2 is 1.66 bits per heavy atom. The minimum atomic E-state index is -1.28. The van der Waals surface area contributed by atoms with Crippen LogP contribution in [0.25, 0.3) is 11.0 Å². The highest BCUT2D eigenvalue weighted by Crippen LogP contribution is 2.41. The molecule has 3 N–H and O–H groups in total. The molecule has 21 nitrogen and oxygen atoms in total. The summed E-state index contributed by atoms with van der Waals surface area (Å²) in [4.78, 5) is 96.8. The Labute approximate surface area is 421 Å². The number of ether oxygens (including phenoxy) is 4. The van der Waals surface area contributed by atoms with Gasteiger partial charge in [0, 0.05) is 29.7 Å². The van der Waals surface area contributed by atoms with E-state index in [1.54, 1.807) is 81.1 Å². The number of hydroxylamine groups is 1. The lowest BCUT2D eigenvalue weighted by Gasteiger charge is -2.49. The van der Waals surface area contributed by atoms with Crippen molar-refractivity contribution in [2.45, 2.75) is 77.1 Å². The number of thioether (sulfide) groups is 1. The third-order valence-corrected chi connectivity index (χ3v) is 13.1. The minimum Gasteiger partial charge on any atom is -0.541 e. The number of carbonyl (C=O) groups excluding carboxylic acids is 6. The van der Waals surface area contributed by atoms with Crippen molar-refractivity contribution in [2.24, 2.45) is 5.16 Å². The van der Waals surface area contributed by atoms with E-state index in [4.69, 9.17) is 44.9 Å². The molecule has 1 fully saturated rings. The molecule has 5 aromatic rings. The number of hydrogen-bond donors (Lipinski definition) is 3. The number of nitrogens with one attached hydrogen (secondary N) is 3. The number of fused-ring (bicyclic) bond motifs is 2. The summed E-state index contributed by atoms with van der Waals surface area (Å²) in [5.41, 5.74) is 4.37. The summed E-state index contributed by atoms with van der Waals surface area (Å²) < 4.78 is 29.9. The summed E-state index contributed by atoms with van der Waals surface area (Å²) >= 11 is 8.64. The van der Waals surface area contributed by atoms with Crippen molar-refractivity contribution < 1.29 is 66.6 Å². The van der Waals surface area contributed by atoms with Gasteiger partial charge in [-0.15, -0.1) is 11.8 Å². The van der Waals surface area contributed by atoms with Gasteiger partial charge in [0.1, 0.15) is 62.9 Å². The third kappa shape index (κ3) is 12.6. The van der Waals surface area contributed by atoms with Gasteiger partial charge in [-0.2, -0.15) is 4.57 Å². The van der Waals surface area contributed by atoms with Gasteiger partial charge in [-0.05, 0) is 69.2 Å². The van der Waals surface area contributed by atoms with E-state index in [0.29, 0.717) is 28.2 Å². The molecule has 2 aliphatic heterocycles. The van der Waals surface area contributed by atoms with Crippen LogP contribution in [0, 0.1) is 0 Å². The molecule has 372 valence electrons. The molecule has 0 aliphatic carbocycles. The second kappa shape index (κ2) is 22.7. The second-order valence-electron chi connectivity index (χ2n) is 16.7. The molecule has 3 aromatic heterocycles. The number of thiazole rings is 1. The average molecular weight is 1030 g/mol. The van der Waals surface area contributed by atoms with Crippen molar-refractivity contribution in [1.29, 1.82) is 0 Å². The van der Waals surface area contributed by atoms with Crippen molar-refractivity contribution in [1.82, 2.24) is 25.2 Å². The van der Waals surface area contributed by atoms with Crippen LogP contribution in [0.4, 0.5) is 9.93 Å². The van der Waals surface area contributed by atoms with Crippen LogP contribution in [-0.2, 0) is 74.1 Å².